The number of hydrogen-bond donors (Lipinski definition) is 1. The fourth-order valence-corrected chi connectivity index (χ4v) is 3.26. The van der Waals surface area contributed by atoms with E-state index in [4.69, 9.17) is 5.73 Å². The molecule has 6 heteroatoms. The lowest BCUT2D eigenvalue weighted by Gasteiger charge is -2.35. The molecule has 0 saturated carbocycles. The number of hydrogen-bond acceptors (Lipinski definition) is 6. The minimum atomic E-state index is 0.675. The number of aryl methyl sites for hydroxylation is 1. The number of piperazine rings is 1. The Morgan fingerprint density at radius 2 is 2.05 bits per heavy atom. The van der Waals surface area contributed by atoms with E-state index in [2.05, 4.69) is 31.2 Å². The van der Waals surface area contributed by atoms with Gasteiger partial charge in [0.2, 0.25) is 0 Å². The van der Waals surface area contributed by atoms with Crippen molar-refractivity contribution in [1.29, 1.82) is 0 Å². The summed E-state index contributed by atoms with van der Waals surface area (Å²) >= 11 is 1.53. The van der Waals surface area contributed by atoms with Crippen molar-refractivity contribution in [1.82, 2.24) is 14.9 Å². The van der Waals surface area contributed by atoms with Gasteiger partial charge >= 0.3 is 0 Å². The smallest absolute Gasteiger partial charge is 0.180 e. The molecule has 3 rings (SSSR count). The highest BCUT2D eigenvalue weighted by molar-refractivity contribution is 7.13. The number of nitrogen functional groups attached to an aromatic ring is 1. The topological polar surface area (TPSA) is 58.3 Å². The summed E-state index contributed by atoms with van der Waals surface area (Å²) in [5.74, 6) is 1.09. The highest BCUT2D eigenvalue weighted by Crippen LogP contribution is 2.14. The molecule has 112 valence electrons. The lowest BCUT2D eigenvalue weighted by molar-refractivity contribution is 0.254. The molecule has 1 fully saturated rings. The molecule has 0 aromatic carbocycles. The second kappa shape index (κ2) is 6.87. The number of nitrogens with two attached hydrogens (primary N) is 1. The van der Waals surface area contributed by atoms with Gasteiger partial charge in [-0.25, -0.2) is 9.97 Å². The van der Waals surface area contributed by atoms with Crippen molar-refractivity contribution < 1.29 is 0 Å². The molecule has 2 aromatic rings. The second-order valence-corrected chi connectivity index (χ2v) is 6.19. The maximum Gasteiger partial charge on any atom is 0.180 e. The summed E-state index contributed by atoms with van der Waals surface area (Å²) in [5.41, 5.74) is 6.78. The van der Waals surface area contributed by atoms with Gasteiger partial charge in [0.1, 0.15) is 5.82 Å². The molecule has 0 atom stereocenters. The van der Waals surface area contributed by atoms with Gasteiger partial charge in [-0.05, 0) is 31.5 Å². The Morgan fingerprint density at radius 3 is 2.71 bits per heavy atom. The summed E-state index contributed by atoms with van der Waals surface area (Å²) in [6.07, 6.45) is 4.03. The molecule has 0 unspecified atom stereocenters. The lowest BCUT2D eigenvalue weighted by Crippen LogP contribution is -2.46. The van der Waals surface area contributed by atoms with E-state index in [1.165, 1.54) is 11.3 Å². The number of aromatic nitrogens is 2. The summed E-state index contributed by atoms with van der Waals surface area (Å²) in [6, 6.07) is 6.10. The number of thiazole rings is 1. The number of nitrogens with zero attached hydrogens (tertiary/aromatic N) is 4. The second-order valence-electron chi connectivity index (χ2n) is 5.30. The van der Waals surface area contributed by atoms with Crippen LogP contribution in [0.3, 0.4) is 0 Å². The minimum Gasteiger partial charge on any atom is -0.375 e. The third-order valence-electron chi connectivity index (χ3n) is 3.82. The average molecular weight is 303 g/mol. The Hall–Kier alpha value is -1.66. The van der Waals surface area contributed by atoms with Crippen LogP contribution < -0.4 is 10.6 Å². The van der Waals surface area contributed by atoms with Gasteiger partial charge in [0.05, 0.1) is 5.69 Å². The van der Waals surface area contributed by atoms with Gasteiger partial charge in [-0.15, -0.1) is 11.3 Å². The summed E-state index contributed by atoms with van der Waals surface area (Å²) in [5, 5.41) is 2.74. The van der Waals surface area contributed by atoms with Crippen molar-refractivity contribution in [2.75, 3.05) is 43.4 Å². The Labute approximate surface area is 129 Å². The monoisotopic (exact) mass is 303 g/mol. The molecule has 1 aliphatic rings. The van der Waals surface area contributed by atoms with Crippen LogP contribution in [0.4, 0.5) is 10.9 Å². The number of rotatable bonds is 5. The molecule has 2 aromatic heterocycles. The van der Waals surface area contributed by atoms with E-state index in [9.17, 15) is 0 Å². The van der Waals surface area contributed by atoms with Crippen LogP contribution >= 0.6 is 11.3 Å². The summed E-state index contributed by atoms with van der Waals surface area (Å²) in [4.78, 5) is 13.6. The van der Waals surface area contributed by atoms with Crippen LogP contribution in [-0.2, 0) is 6.42 Å². The Kier molecular flexibility index (Phi) is 4.67. The number of pyridine rings is 1. The Balaban J connectivity index is 1.40. The lowest BCUT2D eigenvalue weighted by atomic mass is 10.2. The highest BCUT2D eigenvalue weighted by Gasteiger charge is 2.17. The first-order chi connectivity index (χ1) is 10.3. The van der Waals surface area contributed by atoms with Gasteiger partial charge in [-0.3, -0.25) is 4.90 Å². The fraction of sp³-hybridized carbons (Fsp3) is 0.467. The van der Waals surface area contributed by atoms with Crippen LogP contribution in [-0.4, -0.2) is 47.6 Å². The molecule has 5 nitrogen and oxygen atoms in total. The van der Waals surface area contributed by atoms with Gasteiger partial charge in [0.25, 0.3) is 0 Å². The van der Waals surface area contributed by atoms with Crippen molar-refractivity contribution in [2.45, 2.75) is 12.8 Å². The maximum atomic E-state index is 5.65. The molecule has 0 aliphatic carbocycles. The first-order valence-corrected chi connectivity index (χ1v) is 8.27. The molecule has 2 N–H and O–H groups in total. The van der Waals surface area contributed by atoms with Gasteiger partial charge in [-0.2, -0.15) is 0 Å². The zero-order chi connectivity index (χ0) is 14.5. The average Bonchev–Trinajstić information content (AvgIpc) is 2.94. The van der Waals surface area contributed by atoms with Crippen molar-refractivity contribution >= 4 is 22.3 Å². The Morgan fingerprint density at radius 1 is 1.19 bits per heavy atom. The van der Waals surface area contributed by atoms with Crippen LogP contribution in [0.2, 0.25) is 0 Å². The van der Waals surface area contributed by atoms with Crippen molar-refractivity contribution in [3.63, 3.8) is 0 Å². The largest absolute Gasteiger partial charge is 0.375 e. The zero-order valence-corrected chi connectivity index (χ0v) is 12.9. The van der Waals surface area contributed by atoms with Crippen molar-refractivity contribution in [2.24, 2.45) is 0 Å². The van der Waals surface area contributed by atoms with Gasteiger partial charge in [0, 0.05) is 37.8 Å². The zero-order valence-electron chi connectivity index (χ0n) is 12.1. The normalized spacial score (nSPS) is 16.3. The maximum absolute atomic E-state index is 5.65. The molecule has 0 radical (unpaired) electrons. The molecule has 1 aliphatic heterocycles. The predicted molar refractivity (Wildman–Crippen MR) is 87.7 cm³/mol. The van der Waals surface area contributed by atoms with Crippen molar-refractivity contribution in [3.05, 3.63) is 35.5 Å². The van der Waals surface area contributed by atoms with E-state index in [1.54, 1.807) is 0 Å². The van der Waals surface area contributed by atoms with Crippen LogP contribution in [0.5, 0.6) is 0 Å². The SMILES string of the molecule is Nc1nc(CCCN2CCN(c3ccccn3)CC2)cs1. The van der Waals surface area contributed by atoms with Crippen LogP contribution in [0.25, 0.3) is 0 Å². The van der Waals surface area contributed by atoms with E-state index >= 15 is 0 Å². The van der Waals surface area contributed by atoms with Gasteiger partial charge in [0.15, 0.2) is 5.13 Å². The van der Waals surface area contributed by atoms with Crippen molar-refractivity contribution in [3.8, 4) is 0 Å². The summed E-state index contributed by atoms with van der Waals surface area (Å²) in [7, 11) is 0. The predicted octanol–water partition coefficient (Wildman–Crippen LogP) is 1.88. The number of anilines is 2. The standard InChI is InChI=1S/C15H21N5S/c16-15-18-13(12-21-15)4-3-7-19-8-10-20(11-9-19)14-5-1-2-6-17-14/h1-2,5-6,12H,3-4,7-11H2,(H2,16,18). The van der Waals surface area contributed by atoms with Crippen LogP contribution in [0.15, 0.2) is 29.8 Å². The quantitative estimate of drug-likeness (QED) is 0.914. The Bertz CT molecular complexity index is 548. The van der Waals surface area contributed by atoms with E-state index in [-0.39, 0.29) is 0 Å². The third kappa shape index (κ3) is 3.92. The van der Waals surface area contributed by atoms with Gasteiger partial charge in [-0.1, -0.05) is 6.07 Å². The first-order valence-electron chi connectivity index (χ1n) is 7.39. The van der Waals surface area contributed by atoms with Crippen LogP contribution in [0.1, 0.15) is 12.1 Å². The first kappa shape index (κ1) is 14.3. The van der Waals surface area contributed by atoms with E-state index in [0.717, 1.165) is 57.1 Å². The highest BCUT2D eigenvalue weighted by atomic mass is 32.1. The molecule has 21 heavy (non-hydrogen) atoms. The summed E-state index contributed by atoms with van der Waals surface area (Å²) in [6.45, 7) is 5.46. The molecule has 0 spiro atoms. The fourth-order valence-electron chi connectivity index (χ4n) is 2.66. The third-order valence-corrected chi connectivity index (χ3v) is 4.55. The van der Waals surface area contributed by atoms with E-state index in [0.29, 0.717) is 5.13 Å². The molecule has 0 amide bonds. The van der Waals surface area contributed by atoms with E-state index in [1.807, 2.05) is 18.3 Å². The summed E-state index contributed by atoms with van der Waals surface area (Å²) < 4.78 is 0. The minimum absolute atomic E-state index is 0.675. The molecule has 1 saturated heterocycles. The molecule has 0 bridgehead atoms. The molecule has 3 heterocycles. The van der Waals surface area contributed by atoms with E-state index < -0.39 is 0 Å². The van der Waals surface area contributed by atoms with Crippen LogP contribution in [0, 0.1) is 0 Å². The van der Waals surface area contributed by atoms with Gasteiger partial charge < -0.3 is 10.6 Å². The molecular weight excluding hydrogens is 282 g/mol. The molecular formula is C15H21N5S.